The Hall–Kier alpha value is -4.22. The molecule has 5 unspecified atom stereocenters. The number of ether oxygens (including phenoxy) is 2. The number of esters is 1. The summed E-state index contributed by atoms with van der Waals surface area (Å²) >= 11 is 0. The van der Waals surface area contributed by atoms with Gasteiger partial charge in [-0.1, -0.05) is 44.2 Å². The van der Waals surface area contributed by atoms with Gasteiger partial charge in [-0.2, -0.15) is 0 Å². The number of fused-ring (bicyclic) bond motifs is 2. The van der Waals surface area contributed by atoms with Crippen molar-refractivity contribution in [1.82, 2.24) is 20.9 Å². The maximum absolute atomic E-state index is 14.5. The first-order valence-corrected chi connectivity index (χ1v) is 17.1. The Morgan fingerprint density at radius 2 is 1.55 bits per heavy atom. The Bertz CT molecular complexity index is 1460. The molecule has 268 valence electrons. The van der Waals surface area contributed by atoms with Gasteiger partial charge in [0.1, 0.15) is 29.3 Å². The number of amides is 4. The van der Waals surface area contributed by atoms with Gasteiger partial charge in [0.05, 0.1) is 6.42 Å². The van der Waals surface area contributed by atoms with Crippen molar-refractivity contribution >= 4 is 35.6 Å². The fourth-order valence-electron chi connectivity index (χ4n) is 7.21. The highest BCUT2D eigenvalue weighted by Gasteiger charge is 2.69. The van der Waals surface area contributed by atoms with Crippen molar-refractivity contribution in [1.29, 1.82) is 0 Å². The number of Topliss-reactive ketones (excluding diaryl/α,β-unsaturated/α-hetero) is 1. The Morgan fingerprint density at radius 1 is 0.959 bits per heavy atom. The van der Waals surface area contributed by atoms with Crippen LogP contribution in [0.3, 0.4) is 0 Å². The number of piperidine rings is 1. The zero-order chi connectivity index (χ0) is 36.5. The Morgan fingerprint density at radius 3 is 2.10 bits per heavy atom. The Balaban J connectivity index is 1.51. The van der Waals surface area contributed by atoms with Gasteiger partial charge in [-0.05, 0) is 95.1 Å². The van der Waals surface area contributed by atoms with Crippen LogP contribution < -0.4 is 16.0 Å². The van der Waals surface area contributed by atoms with E-state index in [1.807, 2.05) is 38.1 Å². The van der Waals surface area contributed by atoms with E-state index in [1.54, 1.807) is 41.5 Å². The molecule has 0 spiro atoms. The van der Waals surface area contributed by atoms with Crippen molar-refractivity contribution in [3.8, 4) is 0 Å². The molecule has 2 aliphatic carbocycles. The van der Waals surface area contributed by atoms with Gasteiger partial charge < -0.3 is 30.3 Å². The van der Waals surface area contributed by atoms with Gasteiger partial charge in [-0.3, -0.25) is 24.0 Å². The third-order valence-corrected chi connectivity index (χ3v) is 9.55. The molecule has 1 aromatic rings. The van der Waals surface area contributed by atoms with Crippen molar-refractivity contribution in [3.05, 3.63) is 48.0 Å². The molecule has 5 atom stereocenters. The van der Waals surface area contributed by atoms with E-state index in [1.165, 1.54) is 11.0 Å². The summed E-state index contributed by atoms with van der Waals surface area (Å²) < 4.78 is 10.8. The predicted octanol–water partition coefficient (Wildman–Crippen LogP) is 3.26. The third-order valence-electron chi connectivity index (χ3n) is 9.55. The highest BCUT2D eigenvalue weighted by molar-refractivity contribution is 6.38. The first-order chi connectivity index (χ1) is 22.7. The number of nitrogens with zero attached hydrogens (tertiary/aromatic N) is 1. The normalized spacial score (nSPS) is 22.1. The maximum Gasteiger partial charge on any atom is 0.408 e. The minimum atomic E-state index is -1.23. The number of rotatable bonds is 12. The highest BCUT2D eigenvalue weighted by Crippen LogP contribution is 2.65. The molecule has 1 saturated carbocycles. The minimum Gasteiger partial charge on any atom is -0.460 e. The SMILES string of the molecule is C=CCC(NC(=O)C1C2C(CN1C(=O)C(NC(=O)OC(C)(C)C)C1Cc3ccccc3C1)C2(C)C)C(=O)C(=O)NCCC(=O)OC(C)(C)C. The van der Waals surface area contributed by atoms with Gasteiger partial charge in [0.2, 0.25) is 17.6 Å². The summed E-state index contributed by atoms with van der Waals surface area (Å²) in [6.07, 6.45) is 1.70. The zero-order valence-electron chi connectivity index (χ0n) is 30.0. The number of nitrogens with one attached hydrogen (secondary N) is 3. The number of hydrogen-bond donors (Lipinski definition) is 3. The molecule has 3 N–H and O–H groups in total. The molecule has 4 amide bonds. The molecule has 0 aromatic heterocycles. The minimum absolute atomic E-state index is 0.0224. The lowest BCUT2D eigenvalue weighted by Gasteiger charge is -2.35. The van der Waals surface area contributed by atoms with Crippen LogP contribution in [0.15, 0.2) is 36.9 Å². The predicted molar refractivity (Wildman–Crippen MR) is 182 cm³/mol. The van der Waals surface area contributed by atoms with Crippen LogP contribution in [0.2, 0.25) is 0 Å². The second-order valence-electron chi connectivity index (χ2n) is 16.0. The summed E-state index contributed by atoms with van der Waals surface area (Å²) in [4.78, 5) is 81.2. The van der Waals surface area contributed by atoms with Crippen LogP contribution in [-0.2, 0) is 46.3 Å². The van der Waals surface area contributed by atoms with Crippen molar-refractivity contribution in [2.75, 3.05) is 13.1 Å². The number of ketones is 1. The molecular weight excluding hydrogens is 628 g/mol. The molecule has 4 rings (SSSR count). The largest absolute Gasteiger partial charge is 0.460 e. The number of carbonyl (C=O) groups is 6. The van der Waals surface area contributed by atoms with E-state index in [0.29, 0.717) is 19.4 Å². The second kappa shape index (κ2) is 14.3. The molecule has 1 heterocycles. The van der Waals surface area contributed by atoms with Crippen LogP contribution in [0, 0.1) is 23.2 Å². The summed E-state index contributed by atoms with van der Waals surface area (Å²) in [6, 6.07) is 4.80. The number of likely N-dealkylation sites (tertiary alicyclic amines) is 1. The van der Waals surface area contributed by atoms with Gasteiger partial charge in [-0.25, -0.2) is 4.79 Å². The quantitative estimate of drug-likeness (QED) is 0.172. The molecule has 2 fully saturated rings. The van der Waals surface area contributed by atoms with Crippen LogP contribution in [0.1, 0.15) is 79.4 Å². The summed E-state index contributed by atoms with van der Waals surface area (Å²) in [5, 5.41) is 7.99. The Labute approximate surface area is 289 Å². The molecule has 49 heavy (non-hydrogen) atoms. The summed E-state index contributed by atoms with van der Waals surface area (Å²) in [7, 11) is 0. The van der Waals surface area contributed by atoms with Crippen LogP contribution in [0.25, 0.3) is 0 Å². The average Bonchev–Trinajstić information content (AvgIpc) is 3.33. The van der Waals surface area contributed by atoms with E-state index in [9.17, 15) is 28.8 Å². The number of alkyl carbamates (subject to hydrolysis) is 1. The number of hydrogen-bond acceptors (Lipinski definition) is 8. The van der Waals surface area contributed by atoms with E-state index >= 15 is 0 Å². The zero-order valence-corrected chi connectivity index (χ0v) is 30.0. The smallest absolute Gasteiger partial charge is 0.408 e. The van der Waals surface area contributed by atoms with E-state index in [-0.39, 0.29) is 42.6 Å². The highest BCUT2D eigenvalue weighted by atomic mass is 16.6. The molecule has 1 aromatic carbocycles. The topological polar surface area (TPSA) is 160 Å². The van der Waals surface area contributed by atoms with E-state index in [4.69, 9.17) is 9.47 Å². The molecule has 1 aliphatic heterocycles. The monoisotopic (exact) mass is 680 g/mol. The van der Waals surface area contributed by atoms with Crippen molar-refractivity contribution in [2.45, 2.75) is 110 Å². The van der Waals surface area contributed by atoms with Crippen molar-refractivity contribution < 1.29 is 38.2 Å². The van der Waals surface area contributed by atoms with Crippen LogP contribution in [-0.4, -0.2) is 82.9 Å². The third kappa shape index (κ3) is 9.07. The molecule has 3 aliphatic rings. The van der Waals surface area contributed by atoms with Gasteiger partial charge in [0.25, 0.3) is 5.91 Å². The lowest BCUT2D eigenvalue weighted by atomic mass is 9.93. The van der Waals surface area contributed by atoms with Gasteiger partial charge in [0, 0.05) is 13.1 Å². The summed E-state index contributed by atoms with van der Waals surface area (Å²) in [6.45, 7) is 18.4. The fourth-order valence-corrected chi connectivity index (χ4v) is 7.21. The first-order valence-electron chi connectivity index (χ1n) is 17.1. The van der Waals surface area contributed by atoms with Crippen LogP contribution in [0.5, 0.6) is 0 Å². The summed E-state index contributed by atoms with van der Waals surface area (Å²) in [5.41, 5.74) is 0.506. The molecule has 0 bridgehead atoms. The standard InChI is InChI=1S/C37H52N4O8/c1-10-13-25(30(43)32(45)38-17-16-26(42)48-35(2,3)4)39-31(44)29-27-24(37(27,8)9)20-41(29)33(46)28(40-34(47)49-36(5,6)7)23-18-21-14-11-12-15-22(21)19-23/h10-12,14-15,23-25,27-29H,1,13,16-20H2,2-9H3,(H,38,45)(H,39,44)(H,40,47). The lowest BCUT2D eigenvalue weighted by Crippen LogP contribution is -2.59. The lowest BCUT2D eigenvalue weighted by molar-refractivity contribution is -0.154. The molecule has 1 saturated heterocycles. The van der Waals surface area contributed by atoms with Gasteiger partial charge in [-0.15, -0.1) is 6.58 Å². The van der Waals surface area contributed by atoms with E-state index in [0.717, 1.165) is 11.1 Å². The van der Waals surface area contributed by atoms with Crippen LogP contribution in [0.4, 0.5) is 4.79 Å². The molecule has 0 radical (unpaired) electrons. The van der Waals surface area contributed by atoms with Gasteiger partial charge >= 0.3 is 12.1 Å². The fraction of sp³-hybridized carbons (Fsp3) is 0.622. The average molecular weight is 681 g/mol. The Kier molecular flexibility index (Phi) is 11.0. The summed E-state index contributed by atoms with van der Waals surface area (Å²) in [5.74, 6) is -3.72. The van der Waals surface area contributed by atoms with Gasteiger partial charge in [0.15, 0.2) is 0 Å². The molecule has 12 heteroatoms. The second-order valence-corrected chi connectivity index (χ2v) is 16.0. The first kappa shape index (κ1) is 37.6. The van der Waals surface area contributed by atoms with Crippen molar-refractivity contribution in [3.63, 3.8) is 0 Å². The maximum atomic E-state index is 14.5. The van der Waals surface area contributed by atoms with E-state index in [2.05, 4.69) is 22.5 Å². The van der Waals surface area contributed by atoms with E-state index < -0.39 is 64.9 Å². The van der Waals surface area contributed by atoms with Crippen molar-refractivity contribution in [2.24, 2.45) is 23.2 Å². The number of benzene rings is 1. The number of carbonyl (C=O) groups excluding carboxylic acids is 6. The molecule has 12 nitrogen and oxygen atoms in total. The van der Waals surface area contributed by atoms with Crippen LogP contribution >= 0.6 is 0 Å². The molecular formula is C37H52N4O8.